The molecule has 122 valence electrons. The molecule has 2 radical (unpaired) electrons. The van der Waals surface area contributed by atoms with E-state index in [0.29, 0.717) is 0 Å². The average Bonchev–Trinajstić information content (AvgIpc) is 2.94. The third-order valence-corrected chi connectivity index (χ3v) is 7.08. The molecule has 0 bridgehead atoms. The van der Waals surface area contributed by atoms with Crippen molar-refractivity contribution in [1.29, 1.82) is 0 Å². The van der Waals surface area contributed by atoms with E-state index in [1.54, 1.807) is 4.41 Å². The topological polar surface area (TPSA) is 15.6 Å². The molecule has 23 heavy (non-hydrogen) atoms. The molecular formula is C20H28GeN2. The van der Waals surface area contributed by atoms with Crippen LogP contribution in [0.1, 0.15) is 53.5 Å². The summed E-state index contributed by atoms with van der Waals surface area (Å²) < 4.78 is 4.13. The van der Waals surface area contributed by atoms with E-state index in [1.165, 1.54) is 5.56 Å². The molecule has 0 spiro atoms. The van der Waals surface area contributed by atoms with Gasteiger partial charge in [0, 0.05) is 0 Å². The number of rotatable bonds is 3. The summed E-state index contributed by atoms with van der Waals surface area (Å²) in [6.07, 6.45) is 7.83. The zero-order valence-corrected chi connectivity index (χ0v) is 17.3. The monoisotopic (exact) mass is 370 g/mol. The Balaban J connectivity index is 2.46. The van der Waals surface area contributed by atoms with Crippen LogP contribution in [0.4, 0.5) is 0 Å². The zero-order chi connectivity index (χ0) is 17.1. The molecular weight excluding hydrogens is 341 g/mol. The van der Waals surface area contributed by atoms with Crippen LogP contribution < -0.4 is 0 Å². The summed E-state index contributed by atoms with van der Waals surface area (Å²) in [6.45, 7) is 13.4. The van der Waals surface area contributed by atoms with Crippen LogP contribution in [-0.4, -0.2) is 36.4 Å². The van der Waals surface area contributed by atoms with Crippen molar-refractivity contribution in [3.63, 3.8) is 0 Å². The van der Waals surface area contributed by atoms with Gasteiger partial charge in [-0.2, -0.15) is 0 Å². The van der Waals surface area contributed by atoms with Crippen molar-refractivity contribution in [2.45, 2.75) is 59.0 Å². The van der Waals surface area contributed by atoms with Gasteiger partial charge in [0.25, 0.3) is 0 Å². The first-order chi connectivity index (χ1) is 10.7. The average molecular weight is 369 g/mol. The van der Waals surface area contributed by atoms with Gasteiger partial charge in [-0.3, -0.25) is 0 Å². The maximum absolute atomic E-state index is 5.11. The van der Waals surface area contributed by atoms with E-state index in [4.69, 9.17) is 4.99 Å². The van der Waals surface area contributed by atoms with E-state index >= 15 is 0 Å². The van der Waals surface area contributed by atoms with Gasteiger partial charge in [-0.15, -0.1) is 0 Å². The Morgan fingerprint density at radius 2 is 1.70 bits per heavy atom. The minimum atomic E-state index is -0.414. The molecule has 1 aliphatic rings. The predicted octanol–water partition coefficient (Wildman–Crippen LogP) is 4.80. The fraction of sp³-hybridized carbons (Fsp3) is 0.450. The summed E-state index contributed by atoms with van der Waals surface area (Å²) in [6, 6.07) is 10.6. The third kappa shape index (κ3) is 5.38. The standard InChI is InChI=1S/C20H28GeN2/c1-19(2,3)22-18(16-12-8-7-9-13-16)23(20(4,5)6)21-17-14-10-11-15-17/h7-14H,15H2,1-6H3. The predicted molar refractivity (Wildman–Crippen MR) is 102 cm³/mol. The van der Waals surface area contributed by atoms with Crippen molar-refractivity contribution in [3.8, 4) is 0 Å². The van der Waals surface area contributed by atoms with Crippen LogP contribution in [-0.2, 0) is 0 Å². The van der Waals surface area contributed by atoms with Crippen molar-refractivity contribution in [1.82, 2.24) is 3.86 Å². The van der Waals surface area contributed by atoms with Crippen molar-refractivity contribution < 1.29 is 0 Å². The molecule has 0 aromatic heterocycles. The van der Waals surface area contributed by atoms with E-state index < -0.39 is 15.7 Å². The first kappa shape index (κ1) is 18.1. The van der Waals surface area contributed by atoms with Crippen LogP contribution in [0.3, 0.4) is 0 Å². The van der Waals surface area contributed by atoms with Gasteiger partial charge in [0.2, 0.25) is 0 Å². The summed E-state index contributed by atoms with van der Waals surface area (Å²) in [5.41, 5.74) is 1.18. The molecule has 1 aliphatic carbocycles. The molecule has 0 heterocycles. The second-order valence-electron chi connectivity index (χ2n) is 7.91. The minimum absolute atomic E-state index is 0.0589. The number of allylic oxidation sites excluding steroid dienone is 4. The molecule has 0 saturated carbocycles. The third-order valence-electron chi connectivity index (χ3n) is 3.38. The molecule has 0 fully saturated rings. The Morgan fingerprint density at radius 1 is 1.04 bits per heavy atom. The second-order valence-corrected chi connectivity index (χ2v) is 10.7. The normalized spacial score (nSPS) is 15.7. The van der Waals surface area contributed by atoms with Crippen LogP contribution >= 0.6 is 0 Å². The van der Waals surface area contributed by atoms with Crippen LogP contribution in [0, 0.1) is 0 Å². The van der Waals surface area contributed by atoms with Crippen LogP contribution in [0.25, 0.3) is 0 Å². The number of benzene rings is 1. The van der Waals surface area contributed by atoms with Gasteiger partial charge in [0.1, 0.15) is 0 Å². The van der Waals surface area contributed by atoms with Crippen molar-refractivity contribution in [2.75, 3.05) is 0 Å². The molecule has 1 aromatic carbocycles. The quantitative estimate of drug-likeness (QED) is 0.425. The van der Waals surface area contributed by atoms with Gasteiger partial charge in [0.15, 0.2) is 0 Å². The number of hydrogen-bond acceptors (Lipinski definition) is 1. The molecule has 2 rings (SSSR count). The summed E-state index contributed by atoms with van der Waals surface area (Å²) in [7, 11) is 0. The molecule has 0 atom stereocenters. The number of aliphatic imine (C=N–C) groups is 1. The van der Waals surface area contributed by atoms with Gasteiger partial charge in [0.05, 0.1) is 0 Å². The molecule has 3 heteroatoms. The van der Waals surface area contributed by atoms with Gasteiger partial charge < -0.3 is 0 Å². The Labute approximate surface area is 148 Å². The fourth-order valence-electron chi connectivity index (χ4n) is 2.36. The van der Waals surface area contributed by atoms with E-state index in [-0.39, 0.29) is 11.1 Å². The SMILES string of the molecule is CC(C)(C)N=C(c1ccccc1)[N]([Ge][C]1=CC=CC1)C(C)(C)C. The van der Waals surface area contributed by atoms with Crippen LogP contribution in [0.2, 0.25) is 0 Å². The van der Waals surface area contributed by atoms with E-state index in [1.807, 2.05) is 0 Å². The van der Waals surface area contributed by atoms with Gasteiger partial charge in [-0.1, -0.05) is 0 Å². The van der Waals surface area contributed by atoms with Crippen LogP contribution in [0.15, 0.2) is 58.0 Å². The Kier molecular flexibility index (Phi) is 5.56. The second kappa shape index (κ2) is 7.08. The molecule has 0 unspecified atom stereocenters. The Hall–Kier alpha value is -1.29. The Bertz CT molecular complexity index is 613. The molecule has 1 aromatic rings. The van der Waals surface area contributed by atoms with Crippen molar-refractivity contribution in [2.24, 2.45) is 4.99 Å². The number of amidine groups is 1. The van der Waals surface area contributed by atoms with Crippen molar-refractivity contribution in [3.05, 3.63) is 58.5 Å². The fourth-order valence-corrected chi connectivity index (χ4v) is 5.06. The van der Waals surface area contributed by atoms with Crippen LogP contribution in [0.5, 0.6) is 0 Å². The number of nitrogens with zero attached hydrogens (tertiary/aromatic N) is 2. The number of hydrogen-bond donors (Lipinski definition) is 0. The first-order valence-corrected chi connectivity index (χ1v) is 10.2. The molecule has 0 amide bonds. The van der Waals surface area contributed by atoms with Crippen molar-refractivity contribution >= 4 is 21.5 Å². The molecule has 0 aliphatic heterocycles. The van der Waals surface area contributed by atoms with Gasteiger partial charge >= 0.3 is 148 Å². The summed E-state index contributed by atoms with van der Waals surface area (Å²) in [5.74, 6) is 1.14. The molecule has 0 N–H and O–H groups in total. The molecule has 0 saturated heterocycles. The summed E-state index contributed by atoms with van der Waals surface area (Å²) in [4.78, 5) is 5.11. The van der Waals surface area contributed by atoms with E-state index in [2.05, 4.69) is 94.0 Å². The zero-order valence-electron chi connectivity index (χ0n) is 15.2. The maximum atomic E-state index is 5.11. The van der Waals surface area contributed by atoms with E-state index in [0.717, 1.165) is 12.3 Å². The van der Waals surface area contributed by atoms with Gasteiger partial charge in [-0.25, -0.2) is 0 Å². The van der Waals surface area contributed by atoms with E-state index in [9.17, 15) is 0 Å². The Morgan fingerprint density at radius 3 is 2.17 bits per heavy atom. The van der Waals surface area contributed by atoms with Gasteiger partial charge in [-0.05, 0) is 0 Å². The molecule has 2 nitrogen and oxygen atoms in total. The summed E-state index contributed by atoms with van der Waals surface area (Å²) in [5, 5.41) is 0. The summed E-state index contributed by atoms with van der Waals surface area (Å²) >= 11 is -0.414. The first-order valence-electron chi connectivity index (χ1n) is 8.25.